The van der Waals surface area contributed by atoms with Gasteiger partial charge >= 0.3 is 0 Å². The number of rotatable bonds is 1. The third kappa shape index (κ3) is 1.70. The minimum Gasteiger partial charge on any atom is -0.445 e. The van der Waals surface area contributed by atoms with Crippen molar-refractivity contribution in [1.82, 2.24) is 0 Å². The predicted molar refractivity (Wildman–Crippen MR) is 83.2 cm³/mol. The van der Waals surface area contributed by atoms with Crippen molar-refractivity contribution >= 4 is 21.9 Å². The van der Waals surface area contributed by atoms with E-state index in [4.69, 9.17) is 8.83 Å². The normalized spacial score (nSPS) is 11.5. The number of benzene rings is 2. The summed E-state index contributed by atoms with van der Waals surface area (Å²) in [4.78, 5) is 25.1. The van der Waals surface area contributed by atoms with Crippen LogP contribution >= 0.6 is 0 Å². The van der Waals surface area contributed by atoms with Gasteiger partial charge in [-0.1, -0.05) is 37.3 Å². The molecule has 2 aromatic rings. The zero-order chi connectivity index (χ0) is 15.3. The molecule has 4 heteroatoms. The summed E-state index contributed by atoms with van der Waals surface area (Å²) < 4.78 is 11.4. The third-order valence-corrected chi connectivity index (χ3v) is 3.88. The van der Waals surface area contributed by atoms with E-state index in [1.165, 1.54) is 0 Å². The summed E-state index contributed by atoms with van der Waals surface area (Å²) in [5.41, 5.74) is 1.30. The Morgan fingerprint density at radius 3 is 2.00 bits per heavy atom. The second-order valence-electron chi connectivity index (χ2n) is 5.20. The van der Waals surface area contributed by atoms with Crippen molar-refractivity contribution in [3.63, 3.8) is 0 Å². The smallest absolute Gasteiger partial charge is 0.233 e. The quantitative estimate of drug-likeness (QED) is 0.540. The molecular formula is C18H12O4. The number of aryl methyl sites for hydroxylation is 1. The van der Waals surface area contributed by atoms with E-state index in [2.05, 4.69) is 0 Å². The van der Waals surface area contributed by atoms with Gasteiger partial charge in [0, 0.05) is 10.8 Å². The number of fused-ring (bicyclic) bond motifs is 2. The molecule has 4 rings (SSSR count). The first-order chi connectivity index (χ1) is 10.7. The highest BCUT2D eigenvalue weighted by atomic mass is 16.4. The molecule has 0 spiro atoms. The van der Waals surface area contributed by atoms with Crippen LogP contribution < -0.4 is 10.9 Å². The maximum absolute atomic E-state index is 12.5. The molecule has 0 atom stereocenters. The average Bonchev–Trinajstić information content (AvgIpc) is 2.58. The molecule has 4 nitrogen and oxygen atoms in total. The van der Waals surface area contributed by atoms with Crippen molar-refractivity contribution in [1.29, 1.82) is 0 Å². The predicted octanol–water partition coefficient (Wildman–Crippen LogP) is 3.19. The topological polar surface area (TPSA) is 60.4 Å². The molecule has 2 aliphatic rings. The fourth-order valence-electron chi connectivity index (χ4n) is 2.67. The summed E-state index contributed by atoms with van der Waals surface area (Å²) in [7, 11) is 0. The Balaban J connectivity index is 2.31. The van der Waals surface area contributed by atoms with E-state index in [0.29, 0.717) is 21.9 Å². The Labute approximate surface area is 124 Å². The molecule has 0 unspecified atom stereocenters. The molecule has 0 radical (unpaired) electrons. The Kier molecular flexibility index (Phi) is 2.66. The van der Waals surface area contributed by atoms with Crippen molar-refractivity contribution in [2.75, 3.05) is 0 Å². The first-order valence-electron chi connectivity index (χ1n) is 7.10. The van der Waals surface area contributed by atoms with Gasteiger partial charge in [-0.2, -0.15) is 0 Å². The maximum atomic E-state index is 12.5. The van der Waals surface area contributed by atoms with Gasteiger partial charge in [0.05, 0.1) is 0 Å². The zero-order valence-electron chi connectivity index (χ0n) is 11.9. The summed E-state index contributed by atoms with van der Waals surface area (Å²) in [6, 6.07) is 12.2. The lowest BCUT2D eigenvalue weighted by Gasteiger charge is -2.02. The Bertz CT molecular complexity index is 1200. The molecule has 22 heavy (non-hydrogen) atoms. The third-order valence-electron chi connectivity index (χ3n) is 3.88. The van der Waals surface area contributed by atoms with E-state index in [1.54, 1.807) is 30.3 Å². The summed E-state index contributed by atoms with van der Waals surface area (Å²) >= 11 is 0. The lowest BCUT2D eigenvalue weighted by atomic mass is 10.1. The first-order valence-corrected chi connectivity index (χ1v) is 7.10. The SMILES string of the molecule is CCc1ccc2oc3c(=O)c4ccccc4c(=O)c=3oc2c1. The lowest BCUT2D eigenvalue weighted by Crippen LogP contribution is -2.14. The van der Waals surface area contributed by atoms with E-state index < -0.39 is 0 Å². The summed E-state index contributed by atoms with van der Waals surface area (Å²) in [6.45, 7) is 2.03. The molecule has 0 saturated heterocycles. The minimum atomic E-state index is -0.324. The van der Waals surface area contributed by atoms with Gasteiger partial charge in [-0.25, -0.2) is 0 Å². The Morgan fingerprint density at radius 1 is 0.818 bits per heavy atom. The molecule has 1 aliphatic carbocycles. The average molecular weight is 292 g/mol. The van der Waals surface area contributed by atoms with Crippen LogP contribution in [-0.2, 0) is 6.42 Å². The van der Waals surface area contributed by atoms with Gasteiger partial charge in [0.25, 0.3) is 0 Å². The fourth-order valence-corrected chi connectivity index (χ4v) is 2.67. The second-order valence-corrected chi connectivity index (χ2v) is 5.20. The minimum absolute atomic E-state index is 0.0237. The van der Waals surface area contributed by atoms with Gasteiger partial charge in [-0.15, -0.1) is 0 Å². The highest BCUT2D eigenvalue weighted by molar-refractivity contribution is 5.82. The summed E-state index contributed by atoms with van der Waals surface area (Å²) in [6.07, 6.45) is 0.845. The Morgan fingerprint density at radius 2 is 1.41 bits per heavy atom. The lowest BCUT2D eigenvalue weighted by molar-refractivity contribution is 0.466. The first kappa shape index (κ1) is 12.8. The molecule has 2 aromatic carbocycles. The molecule has 0 fully saturated rings. The zero-order valence-corrected chi connectivity index (χ0v) is 11.9. The highest BCUT2D eigenvalue weighted by Crippen LogP contribution is 2.17. The standard InChI is InChI=1S/C18H12O4/c1-2-10-7-8-13-14(9-10)22-18-16(20)12-6-4-3-5-11(12)15(19)17(18)21-13/h3-9H,2H2,1H3. The molecule has 0 amide bonds. The van der Waals surface area contributed by atoms with Gasteiger partial charge < -0.3 is 8.83 Å². The van der Waals surface area contributed by atoms with E-state index in [0.717, 1.165) is 12.0 Å². The van der Waals surface area contributed by atoms with Crippen LogP contribution in [0.3, 0.4) is 0 Å². The molecule has 108 valence electrons. The van der Waals surface area contributed by atoms with Crippen molar-refractivity contribution in [2.45, 2.75) is 13.3 Å². The molecule has 1 heterocycles. The molecule has 0 bridgehead atoms. The van der Waals surface area contributed by atoms with E-state index in [9.17, 15) is 9.59 Å². The molecule has 0 aromatic heterocycles. The largest absolute Gasteiger partial charge is 0.445 e. The second kappa shape index (κ2) is 4.56. The van der Waals surface area contributed by atoms with Gasteiger partial charge in [0.15, 0.2) is 11.2 Å². The van der Waals surface area contributed by atoms with Crippen LogP contribution in [0.5, 0.6) is 0 Å². The van der Waals surface area contributed by atoms with Crippen LogP contribution in [0.1, 0.15) is 12.5 Å². The molecule has 0 N–H and O–H groups in total. The number of hydrogen-bond donors (Lipinski definition) is 0. The van der Waals surface area contributed by atoms with Crippen molar-refractivity contribution in [3.8, 4) is 0 Å². The maximum Gasteiger partial charge on any atom is 0.233 e. The Hall–Kier alpha value is -2.88. The van der Waals surface area contributed by atoms with Crippen LogP contribution in [0.4, 0.5) is 0 Å². The summed E-state index contributed by atoms with van der Waals surface area (Å²) in [5.74, 6) is 0. The number of hydrogen-bond acceptors (Lipinski definition) is 4. The van der Waals surface area contributed by atoms with Gasteiger partial charge in [-0.05, 0) is 24.1 Å². The van der Waals surface area contributed by atoms with Crippen molar-refractivity contribution < 1.29 is 8.83 Å². The molecule has 1 aliphatic heterocycles. The van der Waals surface area contributed by atoms with Crippen molar-refractivity contribution in [3.05, 3.63) is 79.3 Å². The van der Waals surface area contributed by atoms with Gasteiger partial charge in [0.2, 0.25) is 21.7 Å². The highest BCUT2D eigenvalue weighted by Gasteiger charge is 2.12. The van der Waals surface area contributed by atoms with Crippen LogP contribution in [0, 0.1) is 10.8 Å². The van der Waals surface area contributed by atoms with Crippen LogP contribution in [0.15, 0.2) is 60.9 Å². The van der Waals surface area contributed by atoms with Crippen LogP contribution in [0.25, 0.3) is 21.9 Å². The van der Waals surface area contributed by atoms with E-state index in [1.807, 2.05) is 19.1 Å². The van der Waals surface area contributed by atoms with Crippen LogP contribution in [-0.4, -0.2) is 0 Å². The monoisotopic (exact) mass is 292 g/mol. The van der Waals surface area contributed by atoms with Crippen LogP contribution in [0.2, 0.25) is 0 Å². The van der Waals surface area contributed by atoms with E-state index >= 15 is 0 Å². The fraction of sp³-hybridized carbons (Fsp3) is 0.111. The van der Waals surface area contributed by atoms with Gasteiger partial charge in [-0.3, -0.25) is 9.59 Å². The van der Waals surface area contributed by atoms with Gasteiger partial charge in [0.1, 0.15) is 0 Å². The molecular weight excluding hydrogens is 280 g/mol. The molecule has 0 saturated carbocycles. The van der Waals surface area contributed by atoms with E-state index in [-0.39, 0.29) is 21.7 Å². The van der Waals surface area contributed by atoms with Crippen molar-refractivity contribution in [2.24, 2.45) is 0 Å². The summed E-state index contributed by atoms with van der Waals surface area (Å²) in [5, 5.41) is 0.702.